The van der Waals surface area contributed by atoms with Gasteiger partial charge in [0.2, 0.25) is 23.5 Å². The molecular weight excluding hydrogens is 1390 g/mol. The fourth-order valence-electron chi connectivity index (χ4n) is 11.9. The summed E-state index contributed by atoms with van der Waals surface area (Å²) in [5.74, 6) is 0.484. The van der Waals surface area contributed by atoms with Gasteiger partial charge in [0.05, 0.1) is 69.7 Å². The predicted molar refractivity (Wildman–Crippen MR) is 388 cm³/mol. The third-order valence-corrected chi connectivity index (χ3v) is 18.2. The number of nitroso groups, excluding NO2 is 4. The van der Waals surface area contributed by atoms with Gasteiger partial charge in [-0.3, -0.25) is 10.1 Å². The number of hydrogen-bond acceptors (Lipinski definition) is 18. The summed E-state index contributed by atoms with van der Waals surface area (Å²) in [6.07, 6.45) is 1.14. The zero-order valence-corrected chi connectivity index (χ0v) is 57.3. The number of nitro benzene ring substituents is 1. The summed E-state index contributed by atoms with van der Waals surface area (Å²) in [7, 11) is -3.27. The van der Waals surface area contributed by atoms with Crippen LogP contribution in [-0.2, 0) is 36.0 Å². The Labute approximate surface area is 589 Å². The minimum atomic E-state index is -3.27. The highest BCUT2D eigenvalue weighted by molar-refractivity contribution is 7.90. The summed E-state index contributed by atoms with van der Waals surface area (Å²) >= 11 is 24.2. The van der Waals surface area contributed by atoms with Crippen molar-refractivity contribution in [2.75, 3.05) is 6.26 Å². The van der Waals surface area contributed by atoms with Crippen LogP contribution < -0.4 is 4.74 Å². The van der Waals surface area contributed by atoms with Crippen molar-refractivity contribution in [2.24, 2.45) is 20.7 Å². The zero-order chi connectivity index (χ0) is 72.0. The second-order valence-electron chi connectivity index (χ2n) is 23.0. The fraction of sp³-hybridized carbons (Fsp3) is 0.125. The molecule has 0 fully saturated rings. The molecule has 100 heavy (non-hydrogen) atoms. The smallest absolute Gasteiger partial charge is 0.269 e. The molecule has 0 radical (unpaired) electrons. The van der Waals surface area contributed by atoms with Gasteiger partial charge >= 0.3 is 0 Å². The normalized spacial score (nSPS) is 11.1. The third kappa shape index (κ3) is 15.0. The number of benzene rings is 9. The lowest BCUT2D eigenvalue weighted by Crippen LogP contribution is -2.02. The van der Waals surface area contributed by atoms with E-state index in [9.17, 15) is 63.8 Å². The standard InChI is InChI=1S/C22H17ClN2O3.C17H12ClN3O2.C17H15ClN2O4S.C16H12ClN3O4/c1-14-10-16(23)12-19-20(24-27)22(26)25(21(14)19)13-15-6-5-9-18(11-15)28-17-7-3-2-4-8-17;1-10-6-13(18)7-14-15(20-23)17(22)21(16(10)14)9-12-5-3-2-4-11(12)8-19;1-10-7-12(18)8-14-15(19-22)17(21)20(16(10)14)9-11-3-5-13(6-4-11)25(2,23)24;1-9-5-11(17)7-13-14(18-22)16(21)19(15(9)13)8-10-3-2-4-12(6-10)20(23)24/h2-12,26H,13H2,1H3;2-7,22H,9H2,1H3;3-8,21H,9H2,1-2H3;2-7,21H,8H2,1H3. The van der Waals surface area contributed by atoms with Crippen LogP contribution in [-0.4, -0.2) is 58.3 Å². The van der Waals surface area contributed by atoms with Gasteiger partial charge in [-0.15, -0.1) is 19.6 Å². The van der Waals surface area contributed by atoms with E-state index in [4.69, 9.17) is 51.1 Å². The molecule has 0 aliphatic rings. The van der Waals surface area contributed by atoms with E-state index in [0.717, 1.165) is 56.5 Å². The van der Waals surface area contributed by atoms with Crippen molar-refractivity contribution in [2.45, 2.75) is 58.8 Å². The lowest BCUT2D eigenvalue weighted by Gasteiger charge is -2.11. The van der Waals surface area contributed by atoms with E-state index in [2.05, 4.69) is 26.8 Å². The van der Waals surface area contributed by atoms with Crippen LogP contribution in [0.25, 0.3) is 43.6 Å². The Morgan fingerprint density at radius 3 is 1.21 bits per heavy atom. The van der Waals surface area contributed by atoms with Crippen molar-refractivity contribution in [1.82, 2.24) is 18.3 Å². The van der Waals surface area contributed by atoms with Gasteiger partial charge in [0.1, 0.15) is 11.5 Å². The highest BCUT2D eigenvalue weighted by atomic mass is 35.5. The van der Waals surface area contributed by atoms with Crippen molar-refractivity contribution in [3.05, 3.63) is 276 Å². The van der Waals surface area contributed by atoms with E-state index in [1.807, 2.05) is 87.5 Å². The van der Waals surface area contributed by atoms with Crippen LogP contribution in [0.4, 0.5) is 28.4 Å². The van der Waals surface area contributed by atoms with Crippen LogP contribution in [0.1, 0.15) is 50.1 Å². The molecule has 0 aliphatic heterocycles. The van der Waals surface area contributed by atoms with Crippen LogP contribution >= 0.6 is 46.4 Å². The first-order chi connectivity index (χ1) is 47.8. The molecule has 13 rings (SSSR count). The number of sulfone groups is 1. The van der Waals surface area contributed by atoms with Gasteiger partial charge in [-0.2, -0.15) is 5.26 Å². The number of fused-ring (bicyclic) bond motifs is 4. The number of halogens is 4. The number of hydrogen-bond donors (Lipinski definition) is 4. The largest absolute Gasteiger partial charge is 0.493 e. The first kappa shape index (κ1) is 71.3. The van der Waals surface area contributed by atoms with Crippen molar-refractivity contribution in [3.63, 3.8) is 0 Å². The molecule has 0 aliphatic carbocycles. The molecule has 506 valence electrons. The summed E-state index contributed by atoms with van der Waals surface area (Å²) in [6.45, 7) is 8.36. The Morgan fingerprint density at radius 2 is 0.820 bits per heavy atom. The van der Waals surface area contributed by atoms with E-state index in [1.54, 1.807) is 106 Å². The van der Waals surface area contributed by atoms with Gasteiger partial charge in [-0.1, -0.05) is 119 Å². The van der Waals surface area contributed by atoms with Crippen LogP contribution in [0, 0.1) is 68.8 Å². The number of rotatable bonds is 16. The van der Waals surface area contributed by atoms with Gasteiger partial charge in [0, 0.05) is 60.0 Å². The number of ether oxygens (including phenoxy) is 1. The van der Waals surface area contributed by atoms with Crippen LogP contribution in [0.2, 0.25) is 20.1 Å². The van der Waals surface area contributed by atoms with Crippen molar-refractivity contribution in [1.29, 1.82) is 5.26 Å². The molecule has 28 heteroatoms. The molecule has 13 aromatic rings. The minimum Gasteiger partial charge on any atom is -0.493 e. The number of nitrogens with zero attached hydrogens (tertiary/aromatic N) is 10. The molecule has 0 saturated heterocycles. The number of non-ortho nitro benzene ring substituents is 1. The zero-order valence-electron chi connectivity index (χ0n) is 53.4. The molecule has 9 aromatic carbocycles. The maximum atomic E-state index is 11.5. The first-order valence-electron chi connectivity index (χ1n) is 30.0. The van der Waals surface area contributed by atoms with Crippen molar-refractivity contribution in [3.8, 4) is 41.1 Å². The molecule has 0 amide bonds. The lowest BCUT2D eigenvalue weighted by atomic mass is 10.1. The van der Waals surface area contributed by atoms with Crippen LogP contribution in [0.15, 0.2) is 202 Å². The van der Waals surface area contributed by atoms with E-state index < -0.39 is 14.8 Å². The van der Waals surface area contributed by atoms with Crippen molar-refractivity contribution < 1.29 is 38.5 Å². The molecule has 0 spiro atoms. The Balaban J connectivity index is 0.000000144. The molecule has 0 saturated carbocycles. The molecular formula is C72H56Cl4N10O13S. The van der Waals surface area contributed by atoms with Crippen LogP contribution in [0.3, 0.4) is 0 Å². The van der Waals surface area contributed by atoms with Crippen molar-refractivity contribution >= 4 is 128 Å². The third-order valence-electron chi connectivity index (χ3n) is 16.2. The van der Waals surface area contributed by atoms with E-state index >= 15 is 0 Å². The molecule has 4 aromatic heterocycles. The summed E-state index contributed by atoms with van der Waals surface area (Å²) < 4.78 is 35.3. The summed E-state index contributed by atoms with van der Waals surface area (Å²) in [4.78, 5) is 55.3. The Morgan fingerprint density at radius 1 is 0.460 bits per heavy atom. The SMILES string of the molecule is Cc1cc(Cl)cc2c(N=O)c(O)n(Cc3ccc(S(C)(=O)=O)cc3)c12.Cc1cc(Cl)cc2c(N=O)c(O)n(Cc3cccc(Oc4ccccc4)c3)c12.Cc1cc(Cl)cc2c(N=O)c(O)n(Cc3cccc([N+](=O)[O-])c3)c12.Cc1cc(Cl)cc2c(N=O)c(O)n(Cc3ccccc3C#N)c12. The molecule has 0 bridgehead atoms. The number of para-hydroxylation sites is 1. The molecule has 23 nitrogen and oxygen atoms in total. The molecule has 0 unspecified atom stereocenters. The maximum Gasteiger partial charge on any atom is 0.269 e. The summed E-state index contributed by atoms with van der Waals surface area (Å²) in [6, 6.07) is 52.2. The summed E-state index contributed by atoms with van der Waals surface area (Å²) in [5.41, 5.74) is 9.19. The number of nitriles is 1. The number of nitro groups is 1. The Hall–Kier alpha value is -11.5. The molecule has 4 heterocycles. The maximum absolute atomic E-state index is 11.5. The number of aryl methyl sites for hydroxylation is 4. The average Bonchev–Trinajstić information content (AvgIpc) is 1.64. The second-order valence-corrected chi connectivity index (χ2v) is 26.8. The average molecular weight is 1440 g/mol. The first-order valence-corrected chi connectivity index (χ1v) is 33.4. The Kier molecular flexibility index (Phi) is 21.5. The van der Waals surface area contributed by atoms with Gasteiger partial charge in [-0.25, -0.2) is 8.42 Å². The van der Waals surface area contributed by atoms with Gasteiger partial charge in [-0.05, 0) is 184 Å². The quantitative estimate of drug-likeness (QED) is 0.0397. The van der Waals surface area contributed by atoms with E-state index in [0.29, 0.717) is 81.6 Å². The van der Waals surface area contributed by atoms with Gasteiger partial charge in [0.15, 0.2) is 32.6 Å². The van der Waals surface area contributed by atoms with Gasteiger partial charge in [0.25, 0.3) is 5.69 Å². The number of aromatic nitrogens is 4. The van der Waals surface area contributed by atoms with Crippen LogP contribution in [0.5, 0.6) is 35.0 Å². The fourth-order valence-corrected chi connectivity index (χ4v) is 13.6. The van der Waals surface area contributed by atoms with E-state index in [1.165, 1.54) is 28.8 Å². The minimum absolute atomic E-state index is 0.00251. The Bertz CT molecular complexity index is 5580. The lowest BCUT2D eigenvalue weighted by molar-refractivity contribution is -0.384. The molecule has 0 atom stereocenters. The highest BCUT2D eigenvalue weighted by Crippen LogP contribution is 2.46. The summed E-state index contributed by atoms with van der Waals surface area (Å²) in [5, 5.41) is 77.4. The molecule has 4 N–H and O–H groups in total. The predicted octanol–water partition coefficient (Wildman–Crippen LogP) is 20.0. The number of aromatic hydroxyl groups is 4. The topological polar surface area (TPSA) is 329 Å². The second kappa shape index (κ2) is 30.1. The monoisotopic (exact) mass is 1440 g/mol. The highest BCUT2D eigenvalue weighted by Gasteiger charge is 2.25. The van der Waals surface area contributed by atoms with Gasteiger partial charge < -0.3 is 43.4 Å². The van der Waals surface area contributed by atoms with E-state index in [-0.39, 0.29) is 76.5 Å².